The molecule has 2 heterocycles. The van der Waals surface area contributed by atoms with Crippen LogP contribution in [0.3, 0.4) is 0 Å². The van der Waals surface area contributed by atoms with Crippen LogP contribution in [0.15, 0.2) is 30.3 Å². The minimum Gasteiger partial charge on any atom is -0.444 e. The number of carbonyl (C=O) groups excluding carboxylic acids is 2. The van der Waals surface area contributed by atoms with E-state index in [0.29, 0.717) is 23.5 Å². The summed E-state index contributed by atoms with van der Waals surface area (Å²) in [5.74, 6) is 0.146. The zero-order valence-corrected chi connectivity index (χ0v) is 20.7. The molecule has 3 rings (SSSR count). The summed E-state index contributed by atoms with van der Waals surface area (Å²) in [7, 11) is -3.12. The number of anilines is 2. The van der Waals surface area contributed by atoms with Gasteiger partial charge in [0.05, 0.1) is 23.2 Å². The Morgan fingerprint density at radius 3 is 2.36 bits per heavy atom. The summed E-state index contributed by atoms with van der Waals surface area (Å²) in [6, 6.07) is 7.94. The van der Waals surface area contributed by atoms with Crippen LogP contribution in [0.5, 0.6) is 0 Å². The third-order valence-electron chi connectivity index (χ3n) is 5.07. The quantitative estimate of drug-likeness (QED) is 0.684. The summed E-state index contributed by atoms with van der Waals surface area (Å²) < 4.78 is 30.9. The Bertz CT molecular complexity index is 1160. The summed E-state index contributed by atoms with van der Waals surface area (Å²) in [6.07, 6.45) is -0.165. The van der Waals surface area contributed by atoms with E-state index < -0.39 is 27.4 Å². The lowest BCUT2D eigenvalue weighted by Crippen LogP contribution is -2.27. The number of ether oxygens (including phenoxy) is 1. The Balaban J connectivity index is 1.82. The summed E-state index contributed by atoms with van der Waals surface area (Å²) in [5.41, 5.74) is 0.577. The van der Waals surface area contributed by atoms with E-state index in [2.05, 4.69) is 15.7 Å². The number of sulfone groups is 1. The number of benzene rings is 1. The molecule has 0 bridgehead atoms. The van der Waals surface area contributed by atoms with Crippen LogP contribution in [0.4, 0.5) is 16.3 Å². The van der Waals surface area contributed by atoms with Gasteiger partial charge in [-0.2, -0.15) is 5.10 Å². The van der Waals surface area contributed by atoms with E-state index in [1.807, 2.05) is 20.8 Å². The molecule has 1 aromatic heterocycles. The van der Waals surface area contributed by atoms with Crippen molar-refractivity contribution in [3.8, 4) is 0 Å². The van der Waals surface area contributed by atoms with Crippen LogP contribution in [0.2, 0.25) is 0 Å². The molecule has 2 amide bonds. The zero-order valence-electron chi connectivity index (χ0n) is 19.9. The van der Waals surface area contributed by atoms with Crippen molar-refractivity contribution in [2.75, 3.05) is 22.1 Å². The molecule has 0 aliphatic carbocycles. The van der Waals surface area contributed by atoms with Crippen LogP contribution < -0.4 is 10.6 Å². The first kappa shape index (κ1) is 24.8. The lowest BCUT2D eigenvalue weighted by Gasteiger charge is -2.19. The summed E-state index contributed by atoms with van der Waals surface area (Å²) >= 11 is 0. The van der Waals surface area contributed by atoms with E-state index >= 15 is 0 Å². The predicted octanol–water partition coefficient (Wildman–Crippen LogP) is 4.14. The average molecular weight is 477 g/mol. The van der Waals surface area contributed by atoms with Gasteiger partial charge in [-0.1, -0.05) is 26.8 Å². The van der Waals surface area contributed by atoms with Crippen LogP contribution in [0, 0.1) is 0 Å². The molecule has 1 aliphatic rings. The SMILES string of the molecule is CC(C)(C)OC(=O)Nc1cccc(C(=O)Nc2cc(C(C)(C)C)nn2[C@H]2CCS(=O)(=O)C2)c1. The van der Waals surface area contributed by atoms with Crippen LogP contribution >= 0.6 is 0 Å². The maximum atomic E-state index is 13.0. The molecule has 1 aromatic carbocycles. The first-order chi connectivity index (χ1) is 15.1. The van der Waals surface area contributed by atoms with E-state index in [0.717, 1.165) is 5.69 Å². The average Bonchev–Trinajstić information content (AvgIpc) is 3.23. The molecule has 10 heteroatoms. The molecule has 0 spiro atoms. The normalized spacial score (nSPS) is 18.1. The molecule has 9 nitrogen and oxygen atoms in total. The highest BCUT2D eigenvalue weighted by Crippen LogP contribution is 2.31. The number of amides is 2. The standard InChI is InChI=1S/C23H32N4O5S/c1-22(2,3)18-13-19(27(26-18)17-10-11-33(30,31)14-17)25-20(28)15-8-7-9-16(12-15)24-21(29)32-23(4,5)6/h7-9,12-13,17H,10-11,14H2,1-6H3,(H,24,29)(H,25,28)/t17-/m0/s1. The van der Waals surface area contributed by atoms with Crippen LogP contribution in [-0.2, 0) is 20.0 Å². The first-order valence-electron chi connectivity index (χ1n) is 10.8. The van der Waals surface area contributed by atoms with E-state index in [9.17, 15) is 18.0 Å². The summed E-state index contributed by atoms with van der Waals surface area (Å²) in [6.45, 7) is 11.3. The van der Waals surface area contributed by atoms with Crippen molar-refractivity contribution in [2.24, 2.45) is 0 Å². The number of nitrogens with one attached hydrogen (secondary N) is 2. The van der Waals surface area contributed by atoms with Crippen molar-refractivity contribution in [2.45, 2.75) is 65.0 Å². The van der Waals surface area contributed by atoms with Crippen molar-refractivity contribution in [1.82, 2.24) is 9.78 Å². The van der Waals surface area contributed by atoms with Gasteiger partial charge in [0.1, 0.15) is 11.4 Å². The molecule has 1 aliphatic heterocycles. The fraction of sp³-hybridized carbons (Fsp3) is 0.522. The van der Waals surface area contributed by atoms with E-state index in [1.165, 1.54) is 0 Å². The third-order valence-corrected chi connectivity index (χ3v) is 6.82. The predicted molar refractivity (Wildman–Crippen MR) is 127 cm³/mol. The fourth-order valence-electron chi connectivity index (χ4n) is 3.45. The molecule has 0 radical (unpaired) electrons. The largest absolute Gasteiger partial charge is 0.444 e. The van der Waals surface area contributed by atoms with Gasteiger partial charge in [0.25, 0.3) is 5.91 Å². The van der Waals surface area contributed by atoms with Gasteiger partial charge in [0.2, 0.25) is 0 Å². The van der Waals surface area contributed by atoms with Gasteiger partial charge in [0, 0.05) is 22.7 Å². The van der Waals surface area contributed by atoms with Gasteiger partial charge >= 0.3 is 6.09 Å². The second-order valence-electron chi connectivity index (χ2n) is 10.3. The molecule has 1 atom stereocenters. The van der Waals surface area contributed by atoms with Crippen molar-refractivity contribution < 1.29 is 22.7 Å². The van der Waals surface area contributed by atoms with Crippen LogP contribution in [0.1, 0.15) is 70.1 Å². The second-order valence-corrected chi connectivity index (χ2v) is 12.6. The molecule has 1 fully saturated rings. The molecule has 180 valence electrons. The lowest BCUT2D eigenvalue weighted by molar-refractivity contribution is 0.0635. The highest BCUT2D eigenvalue weighted by molar-refractivity contribution is 7.91. The maximum Gasteiger partial charge on any atom is 0.412 e. The Morgan fingerprint density at radius 2 is 1.79 bits per heavy atom. The Kier molecular flexibility index (Phi) is 6.61. The minimum atomic E-state index is -3.12. The van der Waals surface area contributed by atoms with E-state index in [1.54, 1.807) is 55.8 Å². The highest BCUT2D eigenvalue weighted by Gasteiger charge is 2.33. The van der Waals surface area contributed by atoms with E-state index in [4.69, 9.17) is 4.74 Å². The Labute approximate surface area is 194 Å². The van der Waals surface area contributed by atoms with Gasteiger partial charge in [-0.3, -0.25) is 10.1 Å². The molecule has 2 N–H and O–H groups in total. The third kappa shape index (κ3) is 6.56. The second kappa shape index (κ2) is 8.81. The van der Waals surface area contributed by atoms with Crippen molar-refractivity contribution in [1.29, 1.82) is 0 Å². The van der Waals surface area contributed by atoms with E-state index in [-0.39, 0.29) is 23.0 Å². The van der Waals surface area contributed by atoms with Crippen molar-refractivity contribution >= 4 is 33.3 Å². The number of hydrogen-bond donors (Lipinski definition) is 2. The number of aromatic nitrogens is 2. The molecular weight excluding hydrogens is 444 g/mol. The molecule has 1 saturated heterocycles. The van der Waals surface area contributed by atoms with Crippen molar-refractivity contribution in [3.63, 3.8) is 0 Å². The Hall–Kier alpha value is -2.88. The molecular formula is C23H32N4O5S. The summed E-state index contributed by atoms with van der Waals surface area (Å²) in [4.78, 5) is 25.1. The number of rotatable bonds is 4. The maximum absolute atomic E-state index is 13.0. The highest BCUT2D eigenvalue weighted by atomic mass is 32.2. The number of nitrogens with zero attached hydrogens (tertiary/aromatic N) is 2. The smallest absolute Gasteiger partial charge is 0.412 e. The van der Waals surface area contributed by atoms with Crippen LogP contribution in [0.25, 0.3) is 0 Å². The number of carbonyl (C=O) groups is 2. The molecule has 0 saturated carbocycles. The zero-order chi connectivity index (χ0) is 24.6. The monoisotopic (exact) mass is 476 g/mol. The van der Waals surface area contributed by atoms with Gasteiger partial charge in [0.15, 0.2) is 9.84 Å². The van der Waals surface area contributed by atoms with Gasteiger partial charge in [-0.05, 0) is 45.4 Å². The molecule has 0 unspecified atom stereocenters. The first-order valence-corrected chi connectivity index (χ1v) is 12.7. The van der Waals surface area contributed by atoms with Gasteiger partial charge in [-0.15, -0.1) is 0 Å². The van der Waals surface area contributed by atoms with Gasteiger partial charge < -0.3 is 10.1 Å². The Morgan fingerprint density at radius 1 is 1.09 bits per heavy atom. The topological polar surface area (TPSA) is 119 Å². The van der Waals surface area contributed by atoms with Gasteiger partial charge in [-0.25, -0.2) is 17.9 Å². The molecule has 33 heavy (non-hydrogen) atoms. The van der Waals surface area contributed by atoms with Crippen molar-refractivity contribution in [3.05, 3.63) is 41.6 Å². The lowest BCUT2D eigenvalue weighted by atomic mass is 9.92. The molecule has 2 aromatic rings. The van der Waals surface area contributed by atoms with Crippen LogP contribution in [-0.4, -0.2) is 47.3 Å². The minimum absolute atomic E-state index is 0.00354. The summed E-state index contributed by atoms with van der Waals surface area (Å²) in [5, 5.41) is 10.1. The number of hydrogen-bond acceptors (Lipinski definition) is 6. The fourth-order valence-corrected chi connectivity index (χ4v) is 5.14.